The van der Waals surface area contributed by atoms with E-state index in [4.69, 9.17) is 0 Å². The lowest BCUT2D eigenvalue weighted by molar-refractivity contribution is -0.137. The Bertz CT molecular complexity index is 931. The van der Waals surface area contributed by atoms with Crippen molar-refractivity contribution in [3.8, 4) is 0 Å². The molecule has 3 aromatic rings. The van der Waals surface area contributed by atoms with Crippen LogP contribution in [0.25, 0.3) is 10.8 Å². The number of hydrogen-bond acceptors (Lipinski definition) is 1. The summed E-state index contributed by atoms with van der Waals surface area (Å²) in [5.41, 5.74) is -0.524. The lowest BCUT2D eigenvalue weighted by Gasteiger charge is -2.11. The first-order valence-electron chi connectivity index (χ1n) is 6.79. The summed E-state index contributed by atoms with van der Waals surface area (Å²) in [6.07, 6.45) is -2.80. The van der Waals surface area contributed by atoms with E-state index in [1.54, 1.807) is 24.4 Å². The predicted molar refractivity (Wildman–Crippen MR) is 86.5 cm³/mol. The second-order valence-corrected chi connectivity index (χ2v) is 6.09. The van der Waals surface area contributed by atoms with Crippen molar-refractivity contribution < 1.29 is 13.2 Å². The van der Waals surface area contributed by atoms with Crippen molar-refractivity contribution in [2.75, 3.05) is 0 Å². The molecular weight excluding hydrogens is 371 g/mol. The van der Waals surface area contributed by atoms with Crippen molar-refractivity contribution in [3.63, 3.8) is 0 Å². The number of aromatic nitrogens is 1. The highest BCUT2D eigenvalue weighted by molar-refractivity contribution is 9.10. The van der Waals surface area contributed by atoms with E-state index in [0.717, 1.165) is 22.0 Å². The van der Waals surface area contributed by atoms with Gasteiger partial charge in [-0.15, -0.1) is 0 Å². The molecule has 0 spiro atoms. The van der Waals surface area contributed by atoms with Crippen molar-refractivity contribution >= 4 is 26.7 Å². The van der Waals surface area contributed by atoms with Crippen LogP contribution in [0.15, 0.2) is 64.0 Å². The van der Waals surface area contributed by atoms with Crippen LogP contribution in [0.1, 0.15) is 11.1 Å². The highest BCUT2D eigenvalue weighted by Crippen LogP contribution is 2.29. The Morgan fingerprint density at radius 1 is 1.04 bits per heavy atom. The third-order valence-corrected chi connectivity index (χ3v) is 4.04. The molecule has 2 aromatic carbocycles. The van der Waals surface area contributed by atoms with Crippen LogP contribution in [0.3, 0.4) is 0 Å². The van der Waals surface area contributed by atoms with Gasteiger partial charge in [0.25, 0.3) is 5.56 Å². The molecule has 3 rings (SSSR count). The van der Waals surface area contributed by atoms with E-state index in [1.807, 2.05) is 12.1 Å². The zero-order valence-corrected chi connectivity index (χ0v) is 13.4. The van der Waals surface area contributed by atoms with E-state index in [-0.39, 0.29) is 12.1 Å². The fourth-order valence-corrected chi connectivity index (χ4v) is 2.78. The maximum absolute atomic E-state index is 12.8. The van der Waals surface area contributed by atoms with Crippen molar-refractivity contribution in [1.29, 1.82) is 0 Å². The van der Waals surface area contributed by atoms with E-state index >= 15 is 0 Å². The molecule has 2 nitrogen and oxygen atoms in total. The van der Waals surface area contributed by atoms with Gasteiger partial charge in [0.15, 0.2) is 0 Å². The topological polar surface area (TPSA) is 22.0 Å². The maximum atomic E-state index is 12.8. The second kappa shape index (κ2) is 5.85. The lowest BCUT2D eigenvalue weighted by Crippen LogP contribution is -2.20. The van der Waals surface area contributed by atoms with E-state index in [1.165, 1.54) is 10.6 Å². The smallest absolute Gasteiger partial charge is 0.311 e. The SMILES string of the molecule is O=c1c2cc(Br)ccc2ccn1Cc1cccc(C(F)(F)F)c1. The van der Waals surface area contributed by atoms with Crippen LogP contribution < -0.4 is 5.56 Å². The lowest BCUT2D eigenvalue weighted by atomic mass is 10.1. The van der Waals surface area contributed by atoms with Crippen LogP contribution in [-0.2, 0) is 12.7 Å². The predicted octanol–water partition coefficient (Wildman–Crippen LogP) is 4.83. The molecule has 1 heterocycles. The van der Waals surface area contributed by atoms with Crippen LogP contribution in [0.4, 0.5) is 13.2 Å². The summed E-state index contributed by atoms with van der Waals surface area (Å²) in [6, 6.07) is 12.1. The third-order valence-electron chi connectivity index (χ3n) is 3.55. The van der Waals surface area contributed by atoms with Crippen LogP contribution in [0.5, 0.6) is 0 Å². The van der Waals surface area contributed by atoms with Crippen LogP contribution in [-0.4, -0.2) is 4.57 Å². The monoisotopic (exact) mass is 381 g/mol. The molecule has 0 atom stereocenters. The van der Waals surface area contributed by atoms with E-state index in [9.17, 15) is 18.0 Å². The molecule has 0 saturated carbocycles. The number of halogens is 4. The summed E-state index contributed by atoms with van der Waals surface area (Å²) < 4.78 is 40.5. The normalized spacial score (nSPS) is 11.8. The number of benzene rings is 2. The Kier molecular flexibility index (Phi) is 4.02. The molecule has 0 aliphatic heterocycles. The molecule has 1 aromatic heterocycles. The van der Waals surface area contributed by atoms with Crippen LogP contribution >= 0.6 is 15.9 Å². The van der Waals surface area contributed by atoms with E-state index in [0.29, 0.717) is 10.9 Å². The molecule has 6 heteroatoms. The minimum atomic E-state index is -4.39. The largest absolute Gasteiger partial charge is 0.416 e. The van der Waals surface area contributed by atoms with Gasteiger partial charge in [0.2, 0.25) is 0 Å². The molecule has 118 valence electrons. The third kappa shape index (κ3) is 3.32. The molecule has 0 radical (unpaired) electrons. The Morgan fingerprint density at radius 3 is 2.57 bits per heavy atom. The molecule has 0 amide bonds. The highest BCUT2D eigenvalue weighted by atomic mass is 79.9. The Labute approximate surface area is 138 Å². The number of nitrogens with zero attached hydrogens (tertiary/aromatic N) is 1. The quantitative estimate of drug-likeness (QED) is 0.622. The van der Waals surface area contributed by atoms with Gasteiger partial charge in [-0.3, -0.25) is 4.79 Å². The fraction of sp³-hybridized carbons (Fsp3) is 0.118. The van der Waals surface area contributed by atoms with Gasteiger partial charge in [0, 0.05) is 16.1 Å². The number of fused-ring (bicyclic) bond motifs is 1. The first-order valence-corrected chi connectivity index (χ1v) is 7.59. The molecule has 0 bridgehead atoms. The van der Waals surface area contributed by atoms with Crippen molar-refractivity contribution in [2.45, 2.75) is 12.7 Å². The van der Waals surface area contributed by atoms with Crippen molar-refractivity contribution in [2.24, 2.45) is 0 Å². The second-order valence-electron chi connectivity index (χ2n) is 5.18. The summed E-state index contributed by atoms with van der Waals surface area (Å²) in [7, 11) is 0. The number of hydrogen-bond donors (Lipinski definition) is 0. The van der Waals surface area contributed by atoms with Gasteiger partial charge in [-0.05, 0) is 41.3 Å². The standard InChI is InChI=1S/C17H11BrF3NO/c18-14-5-4-12-6-7-22(16(23)15(12)9-14)10-11-2-1-3-13(8-11)17(19,20)21/h1-9H,10H2. The van der Waals surface area contributed by atoms with Crippen molar-refractivity contribution in [3.05, 3.63) is 80.7 Å². The number of pyridine rings is 1. The molecule has 0 saturated heterocycles. The van der Waals surface area contributed by atoms with Gasteiger partial charge in [-0.1, -0.05) is 34.1 Å². The van der Waals surface area contributed by atoms with Gasteiger partial charge < -0.3 is 4.57 Å². The summed E-state index contributed by atoms with van der Waals surface area (Å²) in [4.78, 5) is 12.5. The highest BCUT2D eigenvalue weighted by Gasteiger charge is 2.30. The molecule has 0 aliphatic carbocycles. The number of alkyl halides is 3. The van der Waals surface area contributed by atoms with Gasteiger partial charge in [0.1, 0.15) is 0 Å². The Balaban J connectivity index is 2.02. The molecule has 23 heavy (non-hydrogen) atoms. The van der Waals surface area contributed by atoms with Crippen LogP contribution in [0.2, 0.25) is 0 Å². The fourth-order valence-electron chi connectivity index (χ4n) is 2.42. The first-order chi connectivity index (χ1) is 10.8. The summed E-state index contributed by atoms with van der Waals surface area (Å²) in [5, 5.41) is 1.31. The first kappa shape index (κ1) is 15.8. The summed E-state index contributed by atoms with van der Waals surface area (Å²) in [5.74, 6) is 0. The molecular formula is C17H11BrF3NO. The molecule has 0 unspecified atom stereocenters. The zero-order valence-electron chi connectivity index (χ0n) is 11.8. The van der Waals surface area contributed by atoms with Crippen molar-refractivity contribution in [1.82, 2.24) is 4.57 Å². The van der Waals surface area contributed by atoms with Gasteiger partial charge in [-0.25, -0.2) is 0 Å². The minimum Gasteiger partial charge on any atom is -0.311 e. The van der Waals surface area contributed by atoms with Crippen LogP contribution in [0, 0.1) is 0 Å². The molecule has 0 aliphatic rings. The average Bonchev–Trinajstić information content (AvgIpc) is 2.50. The average molecular weight is 382 g/mol. The van der Waals surface area contributed by atoms with Gasteiger partial charge in [-0.2, -0.15) is 13.2 Å². The Morgan fingerprint density at radius 2 is 1.83 bits per heavy atom. The summed E-state index contributed by atoms with van der Waals surface area (Å²) in [6.45, 7) is 0.0885. The number of rotatable bonds is 2. The minimum absolute atomic E-state index is 0.0885. The van der Waals surface area contributed by atoms with E-state index in [2.05, 4.69) is 15.9 Å². The maximum Gasteiger partial charge on any atom is 0.416 e. The van der Waals surface area contributed by atoms with E-state index < -0.39 is 11.7 Å². The molecule has 0 N–H and O–H groups in total. The summed E-state index contributed by atoms with van der Waals surface area (Å²) >= 11 is 3.32. The van der Waals surface area contributed by atoms with Gasteiger partial charge >= 0.3 is 6.18 Å². The molecule has 0 fully saturated rings. The zero-order chi connectivity index (χ0) is 16.6. The Hall–Kier alpha value is -2.08. The van der Waals surface area contributed by atoms with Gasteiger partial charge in [0.05, 0.1) is 12.1 Å².